The number of nitrogens with one attached hydrogen (secondary N) is 2. The Hall–Kier alpha value is -0.970. The van der Waals surface area contributed by atoms with Crippen LogP contribution < -0.4 is 10.6 Å². The van der Waals surface area contributed by atoms with Gasteiger partial charge in [0.05, 0.1) is 0 Å². The Bertz CT molecular complexity index is 462. The van der Waals surface area contributed by atoms with Crippen molar-refractivity contribution in [3.05, 3.63) is 11.4 Å². The zero-order valence-electron chi connectivity index (χ0n) is 13.2. The van der Waals surface area contributed by atoms with Crippen LogP contribution in [0.3, 0.4) is 0 Å². The Labute approximate surface area is 126 Å². The summed E-state index contributed by atoms with van der Waals surface area (Å²) in [5.41, 5.74) is 1.07. The van der Waals surface area contributed by atoms with Crippen molar-refractivity contribution in [2.24, 2.45) is 0 Å². The van der Waals surface area contributed by atoms with Gasteiger partial charge in [-0.2, -0.15) is 11.8 Å². The molecule has 2 N–H and O–H groups in total. The van der Waals surface area contributed by atoms with Gasteiger partial charge in [0.25, 0.3) is 0 Å². The number of aromatic nitrogens is 2. The molecule has 0 amide bonds. The number of hydrogen-bond donors (Lipinski definition) is 2. The highest BCUT2D eigenvalue weighted by Crippen LogP contribution is 2.28. The van der Waals surface area contributed by atoms with Crippen molar-refractivity contribution in [2.75, 3.05) is 29.2 Å². The Balaban J connectivity index is 2.30. The average molecular weight is 294 g/mol. The van der Waals surface area contributed by atoms with E-state index >= 15 is 0 Å². The third kappa shape index (κ3) is 3.57. The van der Waals surface area contributed by atoms with Crippen molar-refractivity contribution in [1.29, 1.82) is 0 Å². The van der Waals surface area contributed by atoms with E-state index in [2.05, 4.69) is 43.3 Å². The molecule has 0 saturated carbocycles. The maximum absolute atomic E-state index is 4.78. The van der Waals surface area contributed by atoms with Crippen LogP contribution in [-0.2, 0) is 5.41 Å². The van der Waals surface area contributed by atoms with Gasteiger partial charge in [-0.05, 0) is 31.3 Å². The van der Waals surface area contributed by atoms with Crippen molar-refractivity contribution in [3.63, 3.8) is 0 Å². The van der Waals surface area contributed by atoms with Gasteiger partial charge in [-0.15, -0.1) is 0 Å². The molecule has 1 aromatic rings. The Morgan fingerprint density at radius 3 is 2.25 bits per heavy atom. The molecular weight excluding hydrogens is 268 g/mol. The lowest BCUT2D eigenvalue weighted by Gasteiger charge is -2.26. The van der Waals surface area contributed by atoms with E-state index in [9.17, 15) is 0 Å². The first-order chi connectivity index (χ1) is 9.41. The van der Waals surface area contributed by atoms with Gasteiger partial charge in [0.2, 0.25) is 0 Å². The van der Waals surface area contributed by atoms with E-state index in [0.717, 1.165) is 23.0 Å². The van der Waals surface area contributed by atoms with Crippen LogP contribution >= 0.6 is 11.8 Å². The first-order valence-electron chi connectivity index (χ1n) is 7.33. The lowest BCUT2D eigenvalue weighted by molar-refractivity contribution is 0.545. The van der Waals surface area contributed by atoms with Gasteiger partial charge in [-0.25, -0.2) is 9.97 Å². The summed E-state index contributed by atoms with van der Waals surface area (Å²) < 4.78 is 0. The third-order valence-electron chi connectivity index (χ3n) is 3.62. The van der Waals surface area contributed by atoms with Crippen LogP contribution in [0.5, 0.6) is 0 Å². The number of nitrogens with zero attached hydrogens (tertiary/aromatic N) is 2. The molecule has 4 nitrogen and oxygen atoms in total. The van der Waals surface area contributed by atoms with Gasteiger partial charge in [-0.3, -0.25) is 0 Å². The number of hydrogen-bond acceptors (Lipinski definition) is 5. The second kappa shape index (κ2) is 6.20. The molecule has 1 saturated heterocycles. The molecule has 1 fully saturated rings. The summed E-state index contributed by atoms with van der Waals surface area (Å²) in [6.07, 6.45) is 2.43. The maximum Gasteiger partial charge on any atom is 0.138 e. The minimum atomic E-state index is -0.0435. The standard InChI is InChI=1S/C15H26N4S/c1-10-12(16-5)18-14(15(2,3)4)19-13(10)17-11-6-8-20-9-7-11/h11H,6-9H2,1-5H3,(H2,16,17,18,19). The number of rotatable bonds is 3. The summed E-state index contributed by atoms with van der Waals surface area (Å²) in [7, 11) is 1.92. The van der Waals surface area contributed by atoms with Crippen LogP contribution in [0.4, 0.5) is 11.6 Å². The summed E-state index contributed by atoms with van der Waals surface area (Å²) in [4.78, 5) is 9.43. The summed E-state index contributed by atoms with van der Waals surface area (Å²) in [6.45, 7) is 8.53. The van der Waals surface area contributed by atoms with Gasteiger partial charge < -0.3 is 10.6 Å². The molecule has 0 aromatic carbocycles. The number of thioether (sulfide) groups is 1. The topological polar surface area (TPSA) is 49.8 Å². The highest BCUT2D eigenvalue weighted by atomic mass is 32.2. The zero-order chi connectivity index (χ0) is 14.8. The van der Waals surface area contributed by atoms with Crippen molar-refractivity contribution in [3.8, 4) is 0 Å². The van der Waals surface area contributed by atoms with Gasteiger partial charge >= 0.3 is 0 Å². The van der Waals surface area contributed by atoms with E-state index < -0.39 is 0 Å². The molecular formula is C15H26N4S. The summed E-state index contributed by atoms with van der Waals surface area (Å²) >= 11 is 2.04. The molecule has 0 bridgehead atoms. The van der Waals surface area contributed by atoms with E-state index in [1.54, 1.807) is 0 Å². The maximum atomic E-state index is 4.78. The fourth-order valence-electron chi connectivity index (χ4n) is 2.27. The summed E-state index contributed by atoms with van der Waals surface area (Å²) in [5, 5.41) is 6.82. The lowest BCUT2D eigenvalue weighted by Crippen LogP contribution is -2.27. The number of anilines is 2. The highest BCUT2D eigenvalue weighted by Gasteiger charge is 2.22. The van der Waals surface area contributed by atoms with E-state index in [1.807, 2.05) is 18.8 Å². The van der Waals surface area contributed by atoms with E-state index in [4.69, 9.17) is 4.98 Å². The summed E-state index contributed by atoms with van der Waals surface area (Å²) in [6, 6.07) is 0.544. The van der Waals surface area contributed by atoms with Crippen LogP contribution in [-0.4, -0.2) is 34.6 Å². The van der Waals surface area contributed by atoms with Gasteiger partial charge in [0.15, 0.2) is 0 Å². The Morgan fingerprint density at radius 2 is 1.70 bits per heavy atom. The second-order valence-electron chi connectivity index (χ2n) is 6.40. The normalized spacial score (nSPS) is 17.1. The molecule has 0 unspecified atom stereocenters. The van der Waals surface area contributed by atoms with Gasteiger partial charge in [0, 0.05) is 24.1 Å². The van der Waals surface area contributed by atoms with Crippen molar-refractivity contribution >= 4 is 23.4 Å². The van der Waals surface area contributed by atoms with Crippen LogP contribution in [0.25, 0.3) is 0 Å². The fourth-order valence-corrected chi connectivity index (χ4v) is 3.38. The first-order valence-corrected chi connectivity index (χ1v) is 8.48. The second-order valence-corrected chi connectivity index (χ2v) is 7.63. The Morgan fingerprint density at radius 1 is 1.10 bits per heavy atom. The first kappa shape index (κ1) is 15.4. The van der Waals surface area contributed by atoms with Crippen LogP contribution in [0.1, 0.15) is 45.0 Å². The summed E-state index contributed by atoms with van der Waals surface area (Å²) in [5.74, 6) is 5.29. The molecule has 112 valence electrons. The minimum absolute atomic E-state index is 0.0435. The van der Waals surface area contributed by atoms with Gasteiger partial charge in [0.1, 0.15) is 17.5 Å². The molecule has 1 aliphatic heterocycles. The molecule has 0 radical (unpaired) electrons. The SMILES string of the molecule is CNc1nc(C(C)(C)C)nc(NC2CCSCC2)c1C. The van der Waals surface area contributed by atoms with E-state index in [-0.39, 0.29) is 5.41 Å². The molecule has 2 rings (SSSR count). The molecule has 1 aromatic heterocycles. The predicted molar refractivity (Wildman–Crippen MR) is 89.0 cm³/mol. The molecule has 2 heterocycles. The fraction of sp³-hybridized carbons (Fsp3) is 0.733. The van der Waals surface area contributed by atoms with Crippen molar-refractivity contribution in [2.45, 2.75) is 52.0 Å². The van der Waals surface area contributed by atoms with Crippen LogP contribution in [0, 0.1) is 6.92 Å². The van der Waals surface area contributed by atoms with Crippen molar-refractivity contribution < 1.29 is 0 Å². The van der Waals surface area contributed by atoms with E-state index in [0.29, 0.717) is 6.04 Å². The minimum Gasteiger partial charge on any atom is -0.373 e. The monoisotopic (exact) mass is 294 g/mol. The van der Waals surface area contributed by atoms with Gasteiger partial charge in [-0.1, -0.05) is 20.8 Å². The van der Waals surface area contributed by atoms with Crippen molar-refractivity contribution in [1.82, 2.24) is 9.97 Å². The molecule has 0 aliphatic carbocycles. The van der Waals surface area contributed by atoms with E-state index in [1.165, 1.54) is 24.3 Å². The molecule has 0 spiro atoms. The highest BCUT2D eigenvalue weighted by molar-refractivity contribution is 7.99. The molecule has 1 aliphatic rings. The molecule has 0 atom stereocenters. The largest absolute Gasteiger partial charge is 0.373 e. The molecule has 20 heavy (non-hydrogen) atoms. The van der Waals surface area contributed by atoms with Crippen LogP contribution in [0.15, 0.2) is 0 Å². The molecule has 5 heteroatoms. The lowest BCUT2D eigenvalue weighted by atomic mass is 9.95. The predicted octanol–water partition coefficient (Wildman–Crippen LogP) is 3.43. The third-order valence-corrected chi connectivity index (χ3v) is 4.66. The average Bonchev–Trinajstić information content (AvgIpc) is 2.41. The van der Waals surface area contributed by atoms with Crippen LogP contribution in [0.2, 0.25) is 0 Å². The zero-order valence-corrected chi connectivity index (χ0v) is 14.0. The smallest absolute Gasteiger partial charge is 0.138 e. The quantitative estimate of drug-likeness (QED) is 0.894. The Kier molecular flexibility index (Phi) is 4.78.